The number of amides is 4. The van der Waals surface area contributed by atoms with Crippen LogP contribution in [0.5, 0.6) is 0 Å². The van der Waals surface area contributed by atoms with Crippen LogP contribution in [-0.2, 0) is 9.59 Å². The highest BCUT2D eigenvalue weighted by molar-refractivity contribution is 6.02. The number of hydrazine groups is 1. The second-order valence-electron chi connectivity index (χ2n) is 5.02. The first-order valence-electron chi connectivity index (χ1n) is 6.56. The van der Waals surface area contributed by atoms with Crippen LogP contribution in [0.2, 0.25) is 0 Å². The van der Waals surface area contributed by atoms with E-state index < -0.39 is 6.03 Å². The molecule has 0 aromatic carbocycles. The second-order valence-corrected chi connectivity index (χ2v) is 5.02. The molecule has 0 radical (unpaired) electrons. The highest BCUT2D eigenvalue weighted by Gasteiger charge is 2.28. The maximum absolute atomic E-state index is 11.6. The summed E-state index contributed by atoms with van der Waals surface area (Å²) in [5.74, 6) is 0.0662. The smallest absolute Gasteiger partial charge is 0.275 e. The molecular formula is C12H19N3O3. The number of carbonyl (C=O) groups excluding carboxylic acids is 3. The van der Waals surface area contributed by atoms with E-state index in [-0.39, 0.29) is 18.4 Å². The third-order valence-corrected chi connectivity index (χ3v) is 3.56. The molecule has 4 amide bonds. The summed E-state index contributed by atoms with van der Waals surface area (Å²) in [7, 11) is 0. The Morgan fingerprint density at radius 3 is 2.61 bits per heavy atom. The lowest BCUT2D eigenvalue weighted by atomic mass is 9.86. The van der Waals surface area contributed by atoms with Gasteiger partial charge in [-0.15, -0.1) is 0 Å². The van der Waals surface area contributed by atoms with Crippen LogP contribution < -0.4 is 10.7 Å². The van der Waals surface area contributed by atoms with Crippen molar-refractivity contribution in [3.8, 4) is 0 Å². The van der Waals surface area contributed by atoms with Gasteiger partial charge in [0.25, 0.3) is 0 Å². The van der Waals surface area contributed by atoms with Gasteiger partial charge >= 0.3 is 6.03 Å². The van der Waals surface area contributed by atoms with Gasteiger partial charge in [-0.3, -0.25) is 20.3 Å². The summed E-state index contributed by atoms with van der Waals surface area (Å²) >= 11 is 0. The summed E-state index contributed by atoms with van der Waals surface area (Å²) in [6, 6.07) is -0.550. The minimum Gasteiger partial charge on any atom is -0.275 e. The molecule has 1 aliphatic carbocycles. The summed E-state index contributed by atoms with van der Waals surface area (Å²) in [5.41, 5.74) is 2.46. The zero-order valence-corrected chi connectivity index (χ0v) is 10.4. The predicted molar refractivity (Wildman–Crippen MR) is 64.2 cm³/mol. The Hall–Kier alpha value is -1.59. The molecule has 100 valence electrons. The number of hydrogen-bond acceptors (Lipinski definition) is 3. The van der Waals surface area contributed by atoms with E-state index in [4.69, 9.17) is 0 Å². The quantitative estimate of drug-likeness (QED) is 0.731. The van der Waals surface area contributed by atoms with Crippen molar-refractivity contribution in [1.82, 2.24) is 15.8 Å². The van der Waals surface area contributed by atoms with Crippen LogP contribution in [0, 0.1) is 5.92 Å². The van der Waals surface area contributed by atoms with Gasteiger partial charge in [0.05, 0.1) is 0 Å². The molecule has 2 fully saturated rings. The van der Waals surface area contributed by atoms with Crippen molar-refractivity contribution >= 4 is 17.8 Å². The lowest BCUT2D eigenvalue weighted by Gasteiger charge is -2.21. The minimum absolute atomic E-state index is 0.0893. The molecule has 0 spiro atoms. The third-order valence-electron chi connectivity index (χ3n) is 3.56. The maximum Gasteiger partial charge on any atom is 0.343 e. The van der Waals surface area contributed by atoms with Gasteiger partial charge in [-0.2, -0.15) is 0 Å². The van der Waals surface area contributed by atoms with Gasteiger partial charge in [0.1, 0.15) is 6.54 Å². The zero-order chi connectivity index (χ0) is 13.0. The first kappa shape index (κ1) is 12.9. The summed E-state index contributed by atoms with van der Waals surface area (Å²) in [6.07, 6.45) is 7.52. The van der Waals surface area contributed by atoms with E-state index in [0.29, 0.717) is 12.3 Å². The first-order valence-corrected chi connectivity index (χ1v) is 6.56. The van der Waals surface area contributed by atoms with Gasteiger partial charge in [0.2, 0.25) is 11.8 Å². The lowest BCUT2D eigenvalue weighted by molar-refractivity contribution is -0.125. The van der Waals surface area contributed by atoms with E-state index in [2.05, 4.69) is 10.7 Å². The molecule has 0 atom stereocenters. The third kappa shape index (κ3) is 3.45. The molecule has 2 rings (SSSR count). The average molecular weight is 253 g/mol. The van der Waals surface area contributed by atoms with Gasteiger partial charge in [-0.05, 0) is 12.3 Å². The summed E-state index contributed by atoms with van der Waals surface area (Å²) in [4.78, 5) is 33.8. The summed E-state index contributed by atoms with van der Waals surface area (Å²) in [5, 5.41) is 3.14. The van der Waals surface area contributed by atoms with E-state index >= 15 is 0 Å². The lowest BCUT2D eigenvalue weighted by Crippen LogP contribution is -2.44. The van der Waals surface area contributed by atoms with E-state index in [1.165, 1.54) is 32.1 Å². The number of rotatable bonds is 4. The molecule has 2 N–H and O–H groups in total. The molecule has 0 aromatic rings. The van der Waals surface area contributed by atoms with Crippen molar-refractivity contribution in [3.05, 3.63) is 0 Å². The number of nitrogens with one attached hydrogen (secondary N) is 2. The van der Waals surface area contributed by atoms with Crippen LogP contribution in [0.4, 0.5) is 4.79 Å². The fourth-order valence-corrected chi connectivity index (χ4v) is 2.55. The molecular weight excluding hydrogens is 234 g/mol. The molecule has 0 bridgehead atoms. The Morgan fingerprint density at radius 1 is 1.28 bits per heavy atom. The number of hydrogen-bond donors (Lipinski definition) is 2. The topological polar surface area (TPSA) is 78.5 Å². The Bertz CT molecular complexity index is 350. The molecule has 1 saturated heterocycles. The van der Waals surface area contributed by atoms with Crippen molar-refractivity contribution in [2.75, 3.05) is 6.54 Å². The van der Waals surface area contributed by atoms with Crippen molar-refractivity contribution in [1.29, 1.82) is 0 Å². The summed E-state index contributed by atoms with van der Waals surface area (Å²) < 4.78 is 0. The monoisotopic (exact) mass is 253 g/mol. The number of imide groups is 1. The van der Waals surface area contributed by atoms with E-state index in [9.17, 15) is 14.4 Å². The van der Waals surface area contributed by atoms with Gasteiger partial charge in [-0.1, -0.05) is 32.1 Å². The number of carbonyl (C=O) groups is 3. The average Bonchev–Trinajstić information content (AvgIpc) is 2.67. The Balaban J connectivity index is 1.68. The Morgan fingerprint density at radius 2 is 2.00 bits per heavy atom. The largest absolute Gasteiger partial charge is 0.343 e. The first-order chi connectivity index (χ1) is 8.65. The van der Waals surface area contributed by atoms with Gasteiger partial charge in [0, 0.05) is 6.42 Å². The molecule has 0 unspecified atom stereocenters. The van der Waals surface area contributed by atoms with Crippen LogP contribution >= 0.6 is 0 Å². The molecule has 2 aliphatic rings. The fourth-order valence-electron chi connectivity index (χ4n) is 2.55. The van der Waals surface area contributed by atoms with Gasteiger partial charge in [0.15, 0.2) is 0 Å². The predicted octanol–water partition coefficient (Wildman–Crippen LogP) is 0.930. The fraction of sp³-hybridized carbons (Fsp3) is 0.750. The minimum atomic E-state index is -0.550. The number of nitrogens with zero attached hydrogens (tertiary/aromatic N) is 1. The normalized spacial score (nSPS) is 21.0. The Labute approximate surface area is 106 Å². The second kappa shape index (κ2) is 5.84. The SMILES string of the molecule is O=C1CN(NC(=O)CCC2CCCCC2)C(=O)N1. The molecule has 18 heavy (non-hydrogen) atoms. The number of urea groups is 1. The maximum atomic E-state index is 11.6. The molecule has 1 saturated carbocycles. The van der Waals surface area contributed by atoms with Crippen LogP contribution in [0.25, 0.3) is 0 Å². The highest BCUT2D eigenvalue weighted by atomic mass is 16.2. The van der Waals surface area contributed by atoms with E-state index in [1.54, 1.807) is 0 Å². The van der Waals surface area contributed by atoms with Crippen LogP contribution in [-0.4, -0.2) is 29.4 Å². The summed E-state index contributed by atoms with van der Waals surface area (Å²) in [6.45, 7) is -0.0893. The molecule has 6 nitrogen and oxygen atoms in total. The molecule has 1 aliphatic heterocycles. The Kier molecular flexibility index (Phi) is 4.17. The molecule has 1 heterocycles. The van der Waals surface area contributed by atoms with Crippen molar-refractivity contribution in [2.45, 2.75) is 44.9 Å². The highest BCUT2D eigenvalue weighted by Crippen LogP contribution is 2.27. The molecule has 6 heteroatoms. The standard InChI is InChI=1S/C12H19N3O3/c16-10(7-6-9-4-2-1-3-5-9)14-15-8-11(17)13-12(15)18/h9H,1-8H2,(H,14,16)(H,13,17,18). The van der Waals surface area contributed by atoms with Crippen molar-refractivity contribution < 1.29 is 14.4 Å². The van der Waals surface area contributed by atoms with Gasteiger partial charge in [-0.25, -0.2) is 9.80 Å². The molecule has 0 aromatic heterocycles. The van der Waals surface area contributed by atoms with Gasteiger partial charge < -0.3 is 0 Å². The van der Waals surface area contributed by atoms with E-state index in [1.807, 2.05) is 0 Å². The van der Waals surface area contributed by atoms with Crippen molar-refractivity contribution in [3.63, 3.8) is 0 Å². The van der Waals surface area contributed by atoms with Crippen molar-refractivity contribution in [2.24, 2.45) is 5.92 Å². The van der Waals surface area contributed by atoms with E-state index in [0.717, 1.165) is 11.4 Å². The van der Waals surface area contributed by atoms with Crippen LogP contribution in [0.1, 0.15) is 44.9 Å². The van der Waals surface area contributed by atoms with Crippen LogP contribution in [0.15, 0.2) is 0 Å². The van der Waals surface area contributed by atoms with Crippen LogP contribution in [0.3, 0.4) is 0 Å². The zero-order valence-electron chi connectivity index (χ0n) is 10.4.